The van der Waals surface area contributed by atoms with E-state index in [1.54, 1.807) is 30.2 Å². The zero-order valence-corrected chi connectivity index (χ0v) is 22.2. The van der Waals surface area contributed by atoms with Crippen LogP contribution in [0, 0.1) is 34.5 Å². The first-order valence-corrected chi connectivity index (χ1v) is 13.4. The normalized spacial score (nSPS) is 27.2. The second-order valence-corrected chi connectivity index (χ2v) is 12.1. The summed E-state index contributed by atoms with van der Waals surface area (Å²) in [6.45, 7) is 4.61. The number of hydrogen-bond donors (Lipinski definition) is 2. The summed E-state index contributed by atoms with van der Waals surface area (Å²) in [7, 11) is 1.55. The van der Waals surface area contributed by atoms with E-state index < -0.39 is 12.1 Å². The molecule has 2 N–H and O–H groups in total. The van der Waals surface area contributed by atoms with Gasteiger partial charge < -0.3 is 19.9 Å². The van der Waals surface area contributed by atoms with Gasteiger partial charge in [-0.2, -0.15) is 5.26 Å². The maximum atomic E-state index is 13.7. The van der Waals surface area contributed by atoms with E-state index in [0.717, 1.165) is 24.6 Å². The van der Waals surface area contributed by atoms with Crippen LogP contribution in [0.2, 0.25) is 5.02 Å². The van der Waals surface area contributed by atoms with Crippen molar-refractivity contribution in [3.05, 3.63) is 28.9 Å². The Morgan fingerprint density at radius 2 is 2.11 bits per heavy atom. The van der Waals surface area contributed by atoms with Crippen LogP contribution in [0.15, 0.2) is 18.2 Å². The molecule has 0 bridgehead atoms. The third-order valence-electron chi connectivity index (χ3n) is 8.43. The predicted molar refractivity (Wildman–Crippen MR) is 139 cm³/mol. The van der Waals surface area contributed by atoms with E-state index in [1.165, 1.54) is 0 Å². The molecule has 5 atom stereocenters. The average molecular weight is 525 g/mol. The molecule has 5 rings (SSSR count). The van der Waals surface area contributed by atoms with Gasteiger partial charge in [0.1, 0.15) is 29.3 Å². The smallest absolute Gasteiger partial charge is 0.271 e. The Morgan fingerprint density at radius 1 is 1.32 bits per heavy atom. The molecule has 0 spiro atoms. The lowest BCUT2D eigenvalue weighted by molar-refractivity contribution is -0.127. The van der Waals surface area contributed by atoms with Crippen LogP contribution >= 0.6 is 11.6 Å². The van der Waals surface area contributed by atoms with Gasteiger partial charge in [0, 0.05) is 29.3 Å². The number of Topliss-reactive ketones (excluding diaryl/α,β-unsaturated/α-hetero) is 1. The van der Waals surface area contributed by atoms with Gasteiger partial charge >= 0.3 is 0 Å². The molecule has 3 fully saturated rings. The van der Waals surface area contributed by atoms with E-state index in [-0.39, 0.29) is 40.8 Å². The van der Waals surface area contributed by atoms with Gasteiger partial charge in [-0.3, -0.25) is 14.4 Å². The molecule has 0 unspecified atom stereocenters. The Bertz CT molecular complexity index is 1300. The molecule has 1 saturated heterocycles. The quantitative estimate of drug-likeness (QED) is 0.578. The Labute approximate surface area is 221 Å². The summed E-state index contributed by atoms with van der Waals surface area (Å²) in [5, 5.41) is 13.9. The highest BCUT2D eigenvalue weighted by Crippen LogP contribution is 2.44. The Hall–Kier alpha value is -3.05. The van der Waals surface area contributed by atoms with Gasteiger partial charge in [0.25, 0.3) is 5.91 Å². The van der Waals surface area contributed by atoms with E-state index in [0.29, 0.717) is 47.8 Å². The minimum atomic E-state index is -0.771. The van der Waals surface area contributed by atoms with Crippen LogP contribution in [0.3, 0.4) is 0 Å². The van der Waals surface area contributed by atoms with Gasteiger partial charge in [0.2, 0.25) is 5.91 Å². The zero-order valence-electron chi connectivity index (χ0n) is 21.5. The Balaban J connectivity index is 1.37. The largest absolute Gasteiger partial charge is 0.496 e. The van der Waals surface area contributed by atoms with Crippen LogP contribution < -0.4 is 10.1 Å². The molecule has 3 aliphatic rings. The predicted octanol–water partition coefficient (Wildman–Crippen LogP) is 4.47. The van der Waals surface area contributed by atoms with Crippen molar-refractivity contribution >= 4 is 40.1 Å². The number of benzene rings is 1. The number of methoxy groups -OCH3 is 1. The van der Waals surface area contributed by atoms with Crippen molar-refractivity contribution in [1.82, 2.24) is 15.2 Å². The number of carbonyl (C=O) groups excluding carboxylic acids is 3. The number of hydrogen-bond acceptors (Lipinski definition) is 5. The average Bonchev–Trinajstić information content (AvgIpc) is 3.59. The van der Waals surface area contributed by atoms with Crippen LogP contribution in [0.25, 0.3) is 10.9 Å². The fourth-order valence-electron chi connectivity index (χ4n) is 6.83. The molecule has 2 amide bonds. The van der Waals surface area contributed by atoms with Crippen molar-refractivity contribution < 1.29 is 19.1 Å². The maximum Gasteiger partial charge on any atom is 0.271 e. The third-order valence-corrected chi connectivity index (χ3v) is 8.65. The van der Waals surface area contributed by atoms with E-state index in [2.05, 4.69) is 30.2 Å². The van der Waals surface area contributed by atoms with Gasteiger partial charge in [-0.15, -0.1) is 0 Å². The highest BCUT2D eigenvalue weighted by molar-refractivity contribution is 6.31. The number of nitriles is 1. The first-order valence-electron chi connectivity index (χ1n) is 13.0. The first-order chi connectivity index (χ1) is 17.6. The molecule has 2 saturated carbocycles. The highest BCUT2D eigenvalue weighted by Gasteiger charge is 2.50. The van der Waals surface area contributed by atoms with Gasteiger partial charge in [-0.05, 0) is 61.1 Å². The summed E-state index contributed by atoms with van der Waals surface area (Å²) < 4.78 is 5.43. The Kier molecular flexibility index (Phi) is 6.70. The number of halogens is 1. The molecule has 0 radical (unpaired) electrons. The van der Waals surface area contributed by atoms with Crippen molar-refractivity contribution in [2.75, 3.05) is 13.7 Å². The first kappa shape index (κ1) is 25.6. The minimum Gasteiger partial charge on any atom is -0.496 e. The molecule has 9 heteroatoms. The number of ether oxygens (including phenoxy) is 1. The lowest BCUT2D eigenvalue weighted by Gasteiger charge is -2.28. The highest BCUT2D eigenvalue weighted by atomic mass is 35.5. The number of fused-ring (bicyclic) bond motifs is 2. The molecule has 2 heterocycles. The lowest BCUT2D eigenvalue weighted by Crippen LogP contribution is -2.51. The molecule has 1 aromatic heterocycles. The number of nitrogens with one attached hydrogen (secondary N) is 2. The summed E-state index contributed by atoms with van der Waals surface area (Å²) in [5.74, 6) is 0.235. The van der Waals surface area contributed by atoms with Crippen molar-refractivity contribution in [3.63, 3.8) is 0 Å². The SMILES string of the molecule is COc1cc(Cl)cc2[nH]c(C(=O)N3C[C@@H]4CCC[C@@H]4[C@H]3C(=O)N[C@H](C#N)C[C@@H]3CC(C)(C)CC3=O)cc12. The van der Waals surface area contributed by atoms with E-state index >= 15 is 0 Å². The van der Waals surface area contributed by atoms with Gasteiger partial charge in [0.15, 0.2) is 0 Å². The number of carbonyl (C=O) groups is 3. The van der Waals surface area contributed by atoms with Crippen molar-refractivity contribution in [2.24, 2.45) is 23.2 Å². The van der Waals surface area contributed by atoms with Gasteiger partial charge in [-0.25, -0.2) is 0 Å². The number of H-pyrrole nitrogens is 1. The summed E-state index contributed by atoms with van der Waals surface area (Å²) in [6, 6.07) is 5.93. The second kappa shape index (κ2) is 9.68. The summed E-state index contributed by atoms with van der Waals surface area (Å²) in [6.07, 6.45) is 4.39. The number of rotatable bonds is 6. The number of nitrogens with zero attached hydrogens (tertiary/aromatic N) is 2. The van der Waals surface area contributed by atoms with Gasteiger partial charge in [-0.1, -0.05) is 31.9 Å². The van der Waals surface area contributed by atoms with Crippen LogP contribution in [0.5, 0.6) is 5.75 Å². The van der Waals surface area contributed by atoms with Crippen LogP contribution in [0.4, 0.5) is 0 Å². The molecule has 8 nitrogen and oxygen atoms in total. The molecule has 37 heavy (non-hydrogen) atoms. The number of amides is 2. The standard InChI is InChI=1S/C28H33ClN4O4/c1-28(2)11-16(23(34)12-28)7-18(13-30)31-26(35)25-19-6-4-5-15(19)14-33(25)27(36)22-10-20-21(32-22)8-17(29)9-24(20)37-3/h8-10,15-16,18-19,25,32H,4-7,11-12,14H2,1-3H3,(H,31,35)/t15-,16+,18-,19-,25-/m0/s1. The molecule has 1 aliphatic heterocycles. The molecular formula is C28H33ClN4O4. The van der Waals surface area contributed by atoms with Crippen molar-refractivity contribution in [2.45, 2.75) is 64.5 Å². The Morgan fingerprint density at radius 3 is 2.78 bits per heavy atom. The maximum absolute atomic E-state index is 13.7. The summed E-state index contributed by atoms with van der Waals surface area (Å²) in [5.41, 5.74) is 0.968. The van der Waals surface area contributed by atoms with Crippen LogP contribution in [-0.4, -0.2) is 53.2 Å². The van der Waals surface area contributed by atoms with E-state index in [1.807, 2.05) is 0 Å². The van der Waals surface area contributed by atoms with E-state index in [4.69, 9.17) is 16.3 Å². The van der Waals surface area contributed by atoms with Crippen LogP contribution in [-0.2, 0) is 9.59 Å². The number of likely N-dealkylation sites (tertiary alicyclic amines) is 1. The summed E-state index contributed by atoms with van der Waals surface area (Å²) in [4.78, 5) is 44.6. The molecular weight excluding hydrogens is 492 g/mol. The second-order valence-electron chi connectivity index (χ2n) is 11.6. The fourth-order valence-corrected chi connectivity index (χ4v) is 7.04. The monoisotopic (exact) mass is 524 g/mol. The number of aromatic nitrogens is 1. The molecule has 1 aromatic carbocycles. The van der Waals surface area contributed by atoms with Crippen molar-refractivity contribution in [3.8, 4) is 11.8 Å². The molecule has 196 valence electrons. The topological polar surface area (TPSA) is 115 Å². The minimum absolute atomic E-state index is 0.0590. The third kappa shape index (κ3) is 4.82. The fraction of sp³-hybridized carbons (Fsp3) is 0.571. The molecule has 2 aliphatic carbocycles. The van der Waals surface area contributed by atoms with Crippen LogP contribution in [0.1, 0.15) is 62.9 Å². The van der Waals surface area contributed by atoms with E-state index in [9.17, 15) is 19.6 Å². The number of aromatic amines is 1. The summed E-state index contributed by atoms with van der Waals surface area (Å²) >= 11 is 6.20. The zero-order chi connectivity index (χ0) is 26.5. The number of ketones is 1. The van der Waals surface area contributed by atoms with Gasteiger partial charge in [0.05, 0.1) is 18.7 Å². The van der Waals surface area contributed by atoms with Crippen molar-refractivity contribution in [1.29, 1.82) is 5.26 Å². The lowest BCUT2D eigenvalue weighted by atomic mass is 9.89. The molecule has 2 aromatic rings.